The highest BCUT2D eigenvalue weighted by Crippen LogP contribution is 2.40. The second-order valence-corrected chi connectivity index (χ2v) is 7.79. The molecule has 1 fully saturated rings. The number of carbonyl (C=O) groups excluding carboxylic acids is 1. The molecule has 30 heavy (non-hydrogen) atoms. The third-order valence-corrected chi connectivity index (χ3v) is 5.70. The third-order valence-electron chi connectivity index (χ3n) is 5.70. The summed E-state index contributed by atoms with van der Waals surface area (Å²) in [6, 6.07) is 7.73. The van der Waals surface area contributed by atoms with Gasteiger partial charge in [0.2, 0.25) is 0 Å². The number of rotatable bonds is 7. The van der Waals surface area contributed by atoms with Crippen LogP contribution in [0.1, 0.15) is 53.0 Å². The molecule has 0 saturated heterocycles. The summed E-state index contributed by atoms with van der Waals surface area (Å²) in [7, 11) is 5.11. The Hall–Kier alpha value is -3.09. The van der Waals surface area contributed by atoms with Crippen LogP contribution in [0.25, 0.3) is 11.0 Å². The topological polar surface area (TPSA) is 69.5 Å². The first-order valence-corrected chi connectivity index (χ1v) is 10.3. The monoisotopic (exact) mass is 408 g/mol. The molecule has 2 aromatic heterocycles. The molecule has 0 radical (unpaired) electrons. The number of nitrogens with zero attached hydrogens (tertiary/aromatic N) is 4. The van der Waals surface area contributed by atoms with Crippen LogP contribution in [0.4, 0.5) is 0 Å². The van der Waals surface area contributed by atoms with Gasteiger partial charge in [0.25, 0.3) is 5.91 Å². The van der Waals surface area contributed by atoms with E-state index >= 15 is 0 Å². The Morgan fingerprint density at radius 1 is 1.20 bits per heavy atom. The molecule has 0 N–H and O–H groups in total. The smallest absolute Gasteiger partial charge is 0.255 e. The Morgan fingerprint density at radius 3 is 2.57 bits per heavy atom. The van der Waals surface area contributed by atoms with Crippen molar-refractivity contribution < 1.29 is 14.3 Å². The number of carbonyl (C=O) groups is 1. The molecule has 1 aromatic carbocycles. The number of pyridine rings is 1. The quantitative estimate of drug-likeness (QED) is 0.594. The third kappa shape index (κ3) is 3.60. The Morgan fingerprint density at radius 2 is 1.93 bits per heavy atom. The Bertz CT molecular complexity index is 1100. The van der Waals surface area contributed by atoms with Crippen molar-refractivity contribution >= 4 is 16.9 Å². The second kappa shape index (κ2) is 7.97. The standard InChI is InChI=1S/C23H28N4O3/c1-6-27(13-15-7-10-19(29-4)20(11-15)30-5)23(28)17-12-18(16-8-9-16)24-22-21(17)14(2)25-26(22)3/h7,10-12,16H,6,8-9,13H2,1-5H3. The first kappa shape index (κ1) is 20.2. The van der Waals surface area contributed by atoms with Crippen LogP contribution in [0.5, 0.6) is 11.5 Å². The second-order valence-electron chi connectivity index (χ2n) is 7.79. The summed E-state index contributed by atoms with van der Waals surface area (Å²) in [5, 5.41) is 5.36. The molecular weight excluding hydrogens is 380 g/mol. The van der Waals surface area contributed by atoms with Gasteiger partial charge in [-0.1, -0.05) is 6.07 Å². The van der Waals surface area contributed by atoms with E-state index in [0.717, 1.165) is 40.8 Å². The van der Waals surface area contributed by atoms with Gasteiger partial charge in [0.15, 0.2) is 17.1 Å². The Balaban J connectivity index is 1.71. The summed E-state index contributed by atoms with van der Waals surface area (Å²) in [6.07, 6.45) is 2.26. The number of ether oxygens (including phenoxy) is 2. The zero-order valence-electron chi connectivity index (χ0n) is 18.2. The SMILES string of the molecule is CCN(Cc1ccc(OC)c(OC)c1)C(=O)c1cc(C2CC2)nc2c1c(C)nn2C. The minimum Gasteiger partial charge on any atom is -0.493 e. The molecule has 3 aromatic rings. The Labute approximate surface area is 176 Å². The number of benzene rings is 1. The number of fused-ring (bicyclic) bond motifs is 1. The maximum Gasteiger partial charge on any atom is 0.255 e. The van der Waals surface area contributed by atoms with E-state index < -0.39 is 0 Å². The summed E-state index contributed by atoms with van der Waals surface area (Å²) in [6.45, 7) is 5.00. The lowest BCUT2D eigenvalue weighted by molar-refractivity contribution is 0.0754. The van der Waals surface area contributed by atoms with Crippen molar-refractivity contribution in [2.24, 2.45) is 7.05 Å². The number of hydrogen-bond donors (Lipinski definition) is 0. The highest BCUT2D eigenvalue weighted by molar-refractivity contribution is 6.06. The lowest BCUT2D eigenvalue weighted by Crippen LogP contribution is -2.30. The number of hydrogen-bond acceptors (Lipinski definition) is 5. The summed E-state index contributed by atoms with van der Waals surface area (Å²) in [5.74, 6) is 1.78. The maximum atomic E-state index is 13.6. The van der Waals surface area contributed by atoms with Gasteiger partial charge < -0.3 is 14.4 Å². The van der Waals surface area contributed by atoms with Crippen LogP contribution < -0.4 is 9.47 Å². The first-order chi connectivity index (χ1) is 14.5. The average Bonchev–Trinajstić information content (AvgIpc) is 3.57. The lowest BCUT2D eigenvalue weighted by atomic mass is 10.1. The van der Waals surface area contributed by atoms with Gasteiger partial charge in [-0.2, -0.15) is 5.10 Å². The Kier molecular flexibility index (Phi) is 5.37. The lowest BCUT2D eigenvalue weighted by Gasteiger charge is -2.22. The van der Waals surface area contributed by atoms with E-state index in [1.165, 1.54) is 0 Å². The fourth-order valence-electron chi connectivity index (χ4n) is 3.92. The van der Waals surface area contributed by atoms with Gasteiger partial charge in [-0.05, 0) is 50.5 Å². The molecule has 0 atom stereocenters. The van der Waals surface area contributed by atoms with E-state index in [1.807, 2.05) is 50.1 Å². The van der Waals surface area contributed by atoms with Crippen molar-refractivity contribution in [1.82, 2.24) is 19.7 Å². The molecule has 158 valence electrons. The van der Waals surface area contributed by atoms with Gasteiger partial charge in [-0.3, -0.25) is 9.48 Å². The predicted octanol–water partition coefficient (Wildman–Crippen LogP) is 3.83. The first-order valence-electron chi connectivity index (χ1n) is 10.3. The van der Waals surface area contributed by atoms with Crippen molar-refractivity contribution in [2.75, 3.05) is 20.8 Å². The molecule has 7 nitrogen and oxygen atoms in total. The van der Waals surface area contributed by atoms with Gasteiger partial charge in [-0.25, -0.2) is 4.98 Å². The van der Waals surface area contributed by atoms with Crippen molar-refractivity contribution in [1.29, 1.82) is 0 Å². The van der Waals surface area contributed by atoms with Crippen molar-refractivity contribution in [3.63, 3.8) is 0 Å². The molecule has 2 heterocycles. The van der Waals surface area contributed by atoms with Gasteiger partial charge >= 0.3 is 0 Å². The zero-order valence-corrected chi connectivity index (χ0v) is 18.2. The number of amides is 1. The molecule has 1 saturated carbocycles. The van der Waals surface area contributed by atoms with Crippen LogP contribution in [-0.2, 0) is 13.6 Å². The molecular formula is C23H28N4O3. The van der Waals surface area contributed by atoms with Crippen LogP contribution in [0.2, 0.25) is 0 Å². The normalized spacial score (nSPS) is 13.5. The summed E-state index contributed by atoms with van der Waals surface area (Å²) in [4.78, 5) is 20.3. The molecule has 1 aliphatic carbocycles. The predicted molar refractivity (Wildman–Crippen MR) is 115 cm³/mol. The van der Waals surface area contributed by atoms with Gasteiger partial charge in [0, 0.05) is 31.7 Å². The van der Waals surface area contributed by atoms with Crippen LogP contribution in [-0.4, -0.2) is 46.3 Å². The van der Waals surface area contributed by atoms with Crippen molar-refractivity contribution in [2.45, 2.75) is 39.2 Å². The molecule has 1 aliphatic rings. The number of methoxy groups -OCH3 is 2. The molecule has 0 bridgehead atoms. The van der Waals surface area contributed by atoms with E-state index in [9.17, 15) is 4.79 Å². The highest BCUT2D eigenvalue weighted by Gasteiger charge is 2.29. The summed E-state index contributed by atoms with van der Waals surface area (Å²) >= 11 is 0. The van der Waals surface area contributed by atoms with E-state index in [-0.39, 0.29) is 5.91 Å². The van der Waals surface area contributed by atoms with Crippen molar-refractivity contribution in [3.8, 4) is 11.5 Å². The maximum absolute atomic E-state index is 13.6. The van der Waals surface area contributed by atoms with Crippen molar-refractivity contribution in [3.05, 3.63) is 46.8 Å². The van der Waals surface area contributed by atoms with Crippen LogP contribution >= 0.6 is 0 Å². The number of aromatic nitrogens is 3. The fraction of sp³-hybridized carbons (Fsp3) is 0.435. The van der Waals surface area contributed by atoms with Crippen LogP contribution in [0.15, 0.2) is 24.3 Å². The average molecular weight is 409 g/mol. The molecule has 4 rings (SSSR count). The molecule has 7 heteroatoms. The van der Waals surface area contributed by atoms with E-state index in [2.05, 4.69) is 5.10 Å². The largest absolute Gasteiger partial charge is 0.493 e. The fourth-order valence-corrected chi connectivity index (χ4v) is 3.92. The van der Waals surface area contributed by atoms with E-state index in [1.54, 1.807) is 18.9 Å². The zero-order chi connectivity index (χ0) is 21.4. The summed E-state index contributed by atoms with van der Waals surface area (Å²) in [5.41, 5.74) is 4.28. The molecule has 0 spiro atoms. The van der Waals surface area contributed by atoms with Gasteiger partial charge in [0.05, 0.1) is 30.9 Å². The minimum atomic E-state index is -0.00214. The minimum absolute atomic E-state index is 0.00214. The van der Waals surface area contributed by atoms with E-state index in [4.69, 9.17) is 14.5 Å². The number of aryl methyl sites for hydroxylation is 2. The molecule has 1 amide bonds. The summed E-state index contributed by atoms with van der Waals surface area (Å²) < 4.78 is 12.5. The highest BCUT2D eigenvalue weighted by atomic mass is 16.5. The van der Waals surface area contributed by atoms with Gasteiger partial charge in [-0.15, -0.1) is 0 Å². The van der Waals surface area contributed by atoms with Crippen LogP contribution in [0.3, 0.4) is 0 Å². The van der Waals surface area contributed by atoms with Crippen LogP contribution in [0, 0.1) is 6.92 Å². The molecule has 0 aliphatic heterocycles. The van der Waals surface area contributed by atoms with E-state index in [0.29, 0.717) is 36.1 Å². The molecule has 0 unspecified atom stereocenters. The van der Waals surface area contributed by atoms with Gasteiger partial charge in [0.1, 0.15) is 0 Å².